The van der Waals surface area contributed by atoms with Crippen LogP contribution in [0.15, 0.2) is 23.6 Å². The molecule has 0 bridgehead atoms. The van der Waals surface area contributed by atoms with E-state index in [0.29, 0.717) is 12.1 Å². The van der Waals surface area contributed by atoms with Crippen LogP contribution in [0.3, 0.4) is 0 Å². The van der Waals surface area contributed by atoms with Crippen LogP contribution in [0.1, 0.15) is 20.3 Å². The third-order valence-electron chi connectivity index (χ3n) is 3.78. The lowest BCUT2D eigenvalue weighted by Gasteiger charge is -2.06. The standard InChI is InChI=1S/C14H22N2O3/c1-10(11(2)18-3)15-14(17)5-4-7-16-12-6-8-19-9-13(12)16/h4-5,12-13H,6-9H2,1-3H3,(H,15,17). The van der Waals surface area contributed by atoms with E-state index < -0.39 is 0 Å². The Kier molecular flexibility index (Phi) is 4.61. The van der Waals surface area contributed by atoms with Gasteiger partial charge in [-0.3, -0.25) is 9.69 Å². The van der Waals surface area contributed by atoms with Crippen LogP contribution in [0, 0.1) is 0 Å². The molecule has 1 amide bonds. The summed E-state index contributed by atoms with van der Waals surface area (Å²) in [6, 6.07) is 1.23. The summed E-state index contributed by atoms with van der Waals surface area (Å²) < 4.78 is 10.5. The molecule has 2 heterocycles. The van der Waals surface area contributed by atoms with Crippen LogP contribution in [-0.4, -0.2) is 49.8 Å². The van der Waals surface area contributed by atoms with Gasteiger partial charge in [0.15, 0.2) is 0 Å². The Morgan fingerprint density at radius 1 is 1.47 bits per heavy atom. The number of nitrogens with zero attached hydrogens (tertiary/aromatic N) is 1. The Bertz CT molecular complexity index is 391. The minimum absolute atomic E-state index is 0.116. The molecule has 1 N–H and O–H groups in total. The lowest BCUT2D eigenvalue weighted by molar-refractivity contribution is -0.115. The molecule has 106 valence electrons. The second kappa shape index (κ2) is 6.21. The van der Waals surface area contributed by atoms with Crippen LogP contribution < -0.4 is 5.32 Å². The number of amides is 1. The van der Waals surface area contributed by atoms with Crippen molar-refractivity contribution in [3.63, 3.8) is 0 Å². The fourth-order valence-corrected chi connectivity index (χ4v) is 2.39. The zero-order valence-electron chi connectivity index (χ0n) is 11.8. The SMILES string of the molecule is COC(C)=C(C)NC(=O)C=CCN1C2CCOCC21. The summed E-state index contributed by atoms with van der Waals surface area (Å²) in [6.07, 6.45) is 4.60. The molecule has 2 fully saturated rings. The van der Waals surface area contributed by atoms with E-state index in [2.05, 4.69) is 10.2 Å². The molecule has 2 rings (SSSR count). The molecule has 0 radical (unpaired) electrons. The van der Waals surface area contributed by atoms with E-state index in [-0.39, 0.29) is 5.91 Å². The van der Waals surface area contributed by atoms with E-state index in [4.69, 9.17) is 9.47 Å². The molecule has 2 saturated heterocycles. The molecule has 3 unspecified atom stereocenters. The van der Waals surface area contributed by atoms with Gasteiger partial charge in [0.2, 0.25) is 5.91 Å². The molecule has 0 aromatic carbocycles. The van der Waals surface area contributed by atoms with Crippen LogP contribution in [0.2, 0.25) is 0 Å². The zero-order chi connectivity index (χ0) is 13.8. The minimum Gasteiger partial charge on any atom is -0.500 e. The van der Waals surface area contributed by atoms with Gasteiger partial charge in [0.25, 0.3) is 0 Å². The average Bonchev–Trinajstić information content (AvgIpc) is 3.11. The monoisotopic (exact) mass is 266 g/mol. The number of rotatable bonds is 5. The first-order chi connectivity index (χ1) is 9.13. The maximum Gasteiger partial charge on any atom is 0.247 e. The number of nitrogens with one attached hydrogen (secondary N) is 1. The molecule has 0 spiro atoms. The summed E-state index contributed by atoms with van der Waals surface area (Å²) in [5.74, 6) is 0.603. The Labute approximate surface area is 114 Å². The number of carbonyl (C=O) groups excluding carboxylic acids is 1. The zero-order valence-corrected chi connectivity index (χ0v) is 11.8. The number of fused-ring (bicyclic) bond motifs is 1. The fraction of sp³-hybridized carbons (Fsp3) is 0.643. The molecule has 2 aliphatic rings. The summed E-state index contributed by atoms with van der Waals surface area (Å²) in [5.41, 5.74) is 0.742. The van der Waals surface area contributed by atoms with E-state index in [1.54, 1.807) is 13.2 Å². The van der Waals surface area contributed by atoms with Crippen molar-refractivity contribution in [1.82, 2.24) is 10.2 Å². The van der Waals surface area contributed by atoms with E-state index in [1.807, 2.05) is 19.9 Å². The Morgan fingerprint density at radius 3 is 2.89 bits per heavy atom. The molecule has 5 nitrogen and oxygen atoms in total. The second-order valence-electron chi connectivity index (χ2n) is 4.97. The van der Waals surface area contributed by atoms with E-state index in [1.165, 1.54) is 0 Å². The van der Waals surface area contributed by atoms with Gasteiger partial charge in [-0.05, 0) is 20.3 Å². The van der Waals surface area contributed by atoms with Crippen molar-refractivity contribution in [1.29, 1.82) is 0 Å². The van der Waals surface area contributed by atoms with Crippen LogP contribution in [0.5, 0.6) is 0 Å². The predicted molar refractivity (Wildman–Crippen MR) is 72.4 cm³/mol. The second-order valence-corrected chi connectivity index (χ2v) is 4.97. The van der Waals surface area contributed by atoms with Crippen molar-refractivity contribution in [2.45, 2.75) is 32.4 Å². The number of allylic oxidation sites excluding steroid dienone is 2. The lowest BCUT2D eigenvalue weighted by Crippen LogP contribution is -2.20. The van der Waals surface area contributed by atoms with Gasteiger partial charge in [0.1, 0.15) is 5.76 Å². The number of hydrogen-bond acceptors (Lipinski definition) is 4. The van der Waals surface area contributed by atoms with E-state index in [0.717, 1.165) is 37.6 Å². The summed E-state index contributed by atoms with van der Waals surface area (Å²) in [7, 11) is 1.59. The molecular formula is C14H22N2O3. The highest BCUT2D eigenvalue weighted by Gasteiger charge is 2.48. The highest BCUT2D eigenvalue weighted by atomic mass is 16.5. The highest BCUT2D eigenvalue weighted by molar-refractivity contribution is 5.88. The molecule has 0 aromatic heterocycles. The number of ether oxygens (including phenoxy) is 2. The van der Waals surface area contributed by atoms with Gasteiger partial charge in [0.05, 0.1) is 19.4 Å². The summed E-state index contributed by atoms with van der Waals surface area (Å²) in [6.45, 7) is 6.15. The van der Waals surface area contributed by atoms with Gasteiger partial charge in [0, 0.05) is 31.3 Å². The van der Waals surface area contributed by atoms with Gasteiger partial charge in [-0.25, -0.2) is 0 Å². The van der Waals surface area contributed by atoms with Crippen LogP contribution in [-0.2, 0) is 14.3 Å². The molecule has 19 heavy (non-hydrogen) atoms. The topological polar surface area (TPSA) is 50.6 Å². The third-order valence-corrected chi connectivity index (χ3v) is 3.78. The van der Waals surface area contributed by atoms with Crippen molar-refractivity contribution in [3.8, 4) is 0 Å². The summed E-state index contributed by atoms with van der Waals surface area (Å²) in [4.78, 5) is 14.0. The number of carbonyl (C=O) groups is 1. The lowest BCUT2D eigenvalue weighted by atomic mass is 10.2. The Morgan fingerprint density at radius 2 is 2.26 bits per heavy atom. The van der Waals surface area contributed by atoms with Gasteiger partial charge >= 0.3 is 0 Å². The first kappa shape index (κ1) is 14.1. The quantitative estimate of drug-likeness (QED) is 0.459. The van der Waals surface area contributed by atoms with Gasteiger partial charge in [-0.1, -0.05) is 6.08 Å². The van der Waals surface area contributed by atoms with Crippen LogP contribution >= 0.6 is 0 Å². The fourth-order valence-electron chi connectivity index (χ4n) is 2.39. The van der Waals surface area contributed by atoms with Crippen molar-refractivity contribution in [2.75, 3.05) is 26.9 Å². The molecule has 5 heteroatoms. The van der Waals surface area contributed by atoms with Crippen molar-refractivity contribution < 1.29 is 14.3 Å². The molecule has 0 aliphatic carbocycles. The smallest absolute Gasteiger partial charge is 0.247 e. The highest BCUT2D eigenvalue weighted by Crippen LogP contribution is 2.33. The van der Waals surface area contributed by atoms with Crippen molar-refractivity contribution in [2.24, 2.45) is 0 Å². The van der Waals surface area contributed by atoms with Crippen molar-refractivity contribution >= 4 is 5.91 Å². The van der Waals surface area contributed by atoms with Crippen molar-refractivity contribution in [3.05, 3.63) is 23.6 Å². The Hall–Kier alpha value is -1.33. The molecule has 3 atom stereocenters. The predicted octanol–water partition coefficient (Wildman–Crippen LogP) is 1.03. The normalized spacial score (nSPS) is 30.6. The van der Waals surface area contributed by atoms with Gasteiger partial charge in [-0.2, -0.15) is 0 Å². The Balaban J connectivity index is 1.72. The molecule has 0 saturated carbocycles. The number of hydrogen-bond donors (Lipinski definition) is 1. The first-order valence-electron chi connectivity index (χ1n) is 6.66. The van der Waals surface area contributed by atoms with Crippen LogP contribution in [0.25, 0.3) is 0 Å². The van der Waals surface area contributed by atoms with E-state index in [9.17, 15) is 4.79 Å². The third kappa shape index (κ3) is 3.58. The first-order valence-corrected chi connectivity index (χ1v) is 6.66. The number of methoxy groups -OCH3 is 1. The van der Waals surface area contributed by atoms with Gasteiger partial charge in [-0.15, -0.1) is 0 Å². The molecular weight excluding hydrogens is 244 g/mol. The minimum atomic E-state index is -0.116. The maximum absolute atomic E-state index is 11.7. The summed E-state index contributed by atoms with van der Waals surface area (Å²) >= 11 is 0. The van der Waals surface area contributed by atoms with Crippen LogP contribution in [0.4, 0.5) is 0 Å². The maximum atomic E-state index is 11.7. The molecule has 0 aromatic rings. The largest absolute Gasteiger partial charge is 0.500 e. The van der Waals surface area contributed by atoms with E-state index >= 15 is 0 Å². The van der Waals surface area contributed by atoms with Gasteiger partial charge < -0.3 is 14.8 Å². The average molecular weight is 266 g/mol. The molecule has 2 aliphatic heterocycles. The summed E-state index contributed by atoms with van der Waals surface area (Å²) in [5, 5.41) is 2.77.